The van der Waals surface area contributed by atoms with E-state index in [9.17, 15) is 0 Å². The molecule has 1 heteroatoms. The van der Waals surface area contributed by atoms with Gasteiger partial charge in [0.2, 0.25) is 0 Å². The Morgan fingerprint density at radius 1 is 0.373 bits per heavy atom. The summed E-state index contributed by atoms with van der Waals surface area (Å²) in [4.78, 5) is 2.46. The van der Waals surface area contributed by atoms with Crippen LogP contribution in [0.1, 0.15) is 53.6 Å². The van der Waals surface area contributed by atoms with Crippen LogP contribution in [0.3, 0.4) is 0 Å². The molecule has 0 saturated heterocycles. The van der Waals surface area contributed by atoms with Gasteiger partial charge >= 0.3 is 0 Å². The SMILES string of the molecule is CC1(C)c2ccccc2-c2cccc(-c3ccccc3-c3ccc(N(c4ccc5c(c4)C4(CCc6ccccc64)c4ccccc4-5)c4ccc5ccccc5c4)cc3)c21. The molecule has 9 aromatic carbocycles. The first-order valence-corrected chi connectivity index (χ1v) is 21.1. The summed E-state index contributed by atoms with van der Waals surface area (Å²) >= 11 is 0. The molecule has 0 amide bonds. The first kappa shape index (κ1) is 34.1. The van der Waals surface area contributed by atoms with Gasteiger partial charge in [-0.25, -0.2) is 0 Å². The minimum Gasteiger partial charge on any atom is -0.310 e. The van der Waals surface area contributed by atoms with Gasteiger partial charge in [0, 0.05) is 27.9 Å². The maximum absolute atomic E-state index is 2.51. The van der Waals surface area contributed by atoms with E-state index in [1.807, 2.05) is 0 Å². The molecule has 0 aliphatic heterocycles. The van der Waals surface area contributed by atoms with Crippen LogP contribution in [0, 0.1) is 0 Å². The van der Waals surface area contributed by atoms with Crippen molar-refractivity contribution >= 4 is 27.8 Å². The van der Waals surface area contributed by atoms with Crippen LogP contribution >= 0.6 is 0 Å². The minimum atomic E-state index is -0.158. The summed E-state index contributed by atoms with van der Waals surface area (Å²) in [6.07, 6.45) is 2.17. The van der Waals surface area contributed by atoms with Crippen molar-refractivity contribution in [2.24, 2.45) is 0 Å². The number of benzene rings is 9. The number of anilines is 3. The molecule has 0 bridgehead atoms. The number of fused-ring (bicyclic) bond motifs is 11. The van der Waals surface area contributed by atoms with Crippen LogP contribution in [-0.4, -0.2) is 0 Å². The van der Waals surface area contributed by atoms with Crippen molar-refractivity contribution in [3.8, 4) is 44.5 Å². The van der Waals surface area contributed by atoms with E-state index in [4.69, 9.17) is 0 Å². The Balaban J connectivity index is 1.00. The molecule has 1 atom stereocenters. The lowest BCUT2D eigenvalue weighted by atomic mass is 9.73. The van der Waals surface area contributed by atoms with Gasteiger partial charge in [0.1, 0.15) is 0 Å². The second-order valence-electron chi connectivity index (χ2n) is 17.2. The Bertz CT molecular complexity index is 3150. The average molecular weight is 754 g/mol. The molecule has 0 aromatic heterocycles. The zero-order chi connectivity index (χ0) is 39.3. The predicted octanol–water partition coefficient (Wildman–Crippen LogP) is 15.2. The molecule has 0 saturated carbocycles. The van der Waals surface area contributed by atoms with Crippen molar-refractivity contribution in [1.82, 2.24) is 0 Å². The van der Waals surface area contributed by atoms with Crippen LogP contribution in [0.25, 0.3) is 55.3 Å². The number of hydrogen-bond acceptors (Lipinski definition) is 1. The van der Waals surface area contributed by atoms with Gasteiger partial charge in [-0.2, -0.15) is 0 Å². The van der Waals surface area contributed by atoms with Gasteiger partial charge < -0.3 is 4.90 Å². The normalized spacial score (nSPS) is 16.4. The largest absolute Gasteiger partial charge is 0.310 e. The van der Waals surface area contributed by atoms with Crippen LogP contribution in [-0.2, 0) is 17.3 Å². The smallest absolute Gasteiger partial charge is 0.0470 e. The van der Waals surface area contributed by atoms with Crippen LogP contribution in [0.5, 0.6) is 0 Å². The quantitative estimate of drug-likeness (QED) is 0.169. The van der Waals surface area contributed by atoms with Crippen LogP contribution in [0.15, 0.2) is 200 Å². The van der Waals surface area contributed by atoms with E-state index in [1.165, 1.54) is 94.3 Å². The first-order chi connectivity index (χ1) is 29.0. The fourth-order valence-electron chi connectivity index (χ4n) is 11.3. The van der Waals surface area contributed by atoms with Gasteiger partial charge in [-0.05, 0) is 138 Å². The van der Waals surface area contributed by atoms with Gasteiger partial charge in [0.15, 0.2) is 0 Å². The Morgan fingerprint density at radius 2 is 0.915 bits per heavy atom. The number of nitrogens with zero attached hydrogens (tertiary/aromatic N) is 1. The third-order valence-corrected chi connectivity index (χ3v) is 13.9. The third kappa shape index (κ3) is 4.91. The maximum Gasteiger partial charge on any atom is 0.0470 e. The number of hydrogen-bond donors (Lipinski definition) is 0. The first-order valence-electron chi connectivity index (χ1n) is 21.1. The van der Waals surface area contributed by atoms with Crippen molar-refractivity contribution in [2.45, 2.75) is 37.5 Å². The van der Waals surface area contributed by atoms with Crippen molar-refractivity contribution < 1.29 is 0 Å². The molecule has 1 unspecified atom stereocenters. The molecule has 3 aliphatic carbocycles. The minimum absolute atomic E-state index is 0.101. The summed E-state index contributed by atoms with van der Waals surface area (Å²) in [7, 11) is 0. The fourth-order valence-corrected chi connectivity index (χ4v) is 11.3. The van der Waals surface area contributed by atoms with E-state index in [-0.39, 0.29) is 10.8 Å². The molecule has 59 heavy (non-hydrogen) atoms. The third-order valence-electron chi connectivity index (χ3n) is 13.9. The molecule has 0 radical (unpaired) electrons. The molecular weight excluding hydrogens is 711 g/mol. The van der Waals surface area contributed by atoms with Crippen molar-refractivity contribution in [1.29, 1.82) is 0 Å². The van der Waals surface area contributed by atoms with E-state index in [1.54, 1.807) is 0 Å². The zero-order valence-electron chi connectivity index (χ0n) is 33.4. The Labute approximate surface area is 346 Å². The molecule has 3 aliphatic rings. The number of aryl methyl sites for hydroxylation is 1. The van der Waals surface area contributed by atoms with Crippen LogP contribution in [0.4, 0.5) is 17.1 Å². The maximum atomic E-state index is 2.51. The van der Waals surface area contributed by atoms with Crippen LogP contribution in [0.2, 0.25) is 0 Å². The molecule has 1 spiro atoms. The average Bonchev–Trinajstić information content (AvgIpc) is 3.90. The summed E-state index contributed by atoms with van der Waals surface area (Å²) in [6.45, 7) is 4.76. The van der Waals surface area contributed by atoms with E-state index in [2.05, 4.69) is 219 Å². The summed E-state index contributed by atoms with van der Waals surface area (Å²) in [5, 5.41) is 2.48. The van der Waals surface area contributed by atoms with Crippen LogP contribution < -0.4 is 4.90 Å². The lowest BCUT2D eigenvalue weighted by Gasteiger charge is -2.31. The molecular formula is C58H43N. The Kier molecular flexibility index (Phi) is 7.38. The summed E-state index contributed by atoms with van der Waals surface area (Å²) < 4.78 is 0. The second kappa shape index (κ2) is 12.8. The van der Waals surface area contributed by atoms with Crippen molar-refractivity contribution in [3.63, 3.8) is 0 Å². The molecule has 1 nitrogen and oxygen atoms in total. The zero-order valence-corrected chi connectivity index (χ0v) is 33.4. The van der Waals surface area contributed by atoms with Crippen molar-refractivity contribution in [2.75, 3.05) is 4.90 Å². The van der Waals surface area contributed by atoms with Gasteiger partial charge in [0.25, 0.3) is 0 Å². The Hall–Kier alpha value is -6.96. The highest BCUT2D eigenvalue weighted by Gasteiger charge is 2.48. The standard InChI is InChI=1S/C58H43N/c1-57(2)53-24-11-8-20-48(53)51-22-13-21-50(56(51)57)46-18-7-6-17-45(46)39-27-29-42(30-28-39)59(43-31-26-38-14-3-4-16-41(38)36-43)44-32-33-49-47-19-9-12-25-54(47)58(55(49)37-44)35-34-40-15-5-10-23-52(40)58/h3-33,36-37H,34-35H2,1-2H3. The Morgan fingerprint density at radius 3 is 1.71 bits per heavy atom. The monoisotopic (exact) mass is 753 g/mol. The van der Waals surface area contributed by atoms with E-state index in [0.717, 1.165) is 24.2 Å². The molecule has 280 valence electrons. The molecule has 0 N–H and O–H groups in total. The van der Waals surface area contributed by atoms with E-state index < -0.39 is 0 Å². The molecule has 12 rings (SSSR count). The number of rotatable bonds is 5. The summed E-state index contributed by atoms with van der Waals surface area (Å²) in [5.41, 5.74) is 22.2. The predicted molar refractivity (Wildman–Crippen MR) is 247 cm³/mol. The lowest BCUT2D eigenvalue weighted by Crippen LogP contribution is -2.24. The topological polar surface area (TPSA) is 3.24 Å². The highest BCUT2D eigenvalue weighted by atomic mass is 15.1. The highest BCUT2D eigenvalue weighted by molar-refractivity contribution is 5.95. The van der Waals surface area contributed by atoms with Gasteiger partial charge in [-0.15, -0.1) is 0 Å². The summed E-state index contributed by atoms with van der Waals surface area (Å²) in [5.74, 6) is 0. The van der Waals surface area contributed by atoms with Gasteiger partial charge in [-0.1, -0.05) is 178 Å². The van der Waals surface area contributed by atoms with Gasteiger partial charge in [0.05, 0.1) is 0 Å². The van der Waals surface area contributed by atoms with E-state index in [0.29, 0.717) is 0 Å². The molecule has 9 aromatic rings. The fraction of sp³-hybridized carbons (Fsp3) is 0.103. The molecule has 0 fully saturated rings. The second-order valence-corrected chi connectivity index (χ2v) is 17.2. The lowest BCUT2D eigenvalue weighted by molar-refractivity contribution is 0.626. The molecule has 0 heterocycles. The van der Waals surface area contributed by atoms with Gasteiger partial charge in [-0.3, -0.25) is 0 Å². The van der Waals surface area contributed by atoms with Crippen molar-refractivity contribution in [3.05, 3.63) is 234 Å². The summed E-state index contributed by atoms with van der Waals surface area (Å²) in [6, 6.07) is 75.1. The highest BCUT2D eigenvalue weighted by Crippen LogP contribution is 2.59. The van der Waals surface area contributed by atoms with E-state index >= 15 is 0 Å².